The number of carboxylic acid groups (broad SMARTS) is 5. The molecule has 1 heterocycles. The minimum Gasteiger partial charge on any atom is -0.480 e. The summed E-state index contributed by atoms with van der Waals surface area (Å²) in [5.74, 6) is -8.51. The summed E-state index contributed by atoms with van der Waals surface area (Å²) >= 11 is 0. The van der Waals surface area contributed by atoms with Crippen molar-refractivity contribution in [3.8, 4) is 0 Å². The first kappa shape index (κ1) is 40.6. The van der Waals surface area contributed by atoms with E-state index in [1.54, 1.807) is 24.3 Å². The average Bonchev–Trinajstić information content (AvgIpc) is 3.32. The largest absolute Gasteiger partial charge is 0.480 e. The molecule has 50 heavy (non-hydrogen) atoms. The van der Waals surface area contributed by atoms with Crippen LogP contribution >= 0.6 is 0 Å². The summed E-state index contributed by atoms with van der Waals surface area (Å²) in [5, 5.41) is 49.2. The van der Waals surface area contributed by atoms with Crippen molar-refractivity contribution < 1.29 is 68.7 Å². The van der Waals surface area contributed by atoms with E-state index in [1.165, 1.54) is 4.90 Å². The lowest BCUT2D eigenvalue weighted by Crippen LogP contribution is -2.51. The number of amides is 3. The molecule has 0 saturated heterocycles. The van der Waals surface area contributed by atoms with Gasteiger partial charge >= 0.3 is 29.8 Å². The van der Waals surface area contributed by atoms with Gasteiger partial charge in [-0.25, -0.2) is 0 Å². The summed E-state index contributed by atoms with van der Waals surface area (Å²) in [7, 11) is 0. The molecule has 0 spiro atoms. The summed E-state index contributed by atoms with van der Waals surface area (Å²) in [6.07, 6.45) is 1.97. The number of carbonyl (C=O) groups excluding carboxylic acids is 4. The molecule has 19 heteroatoms. The van der Waals surface area contributed by atoms with Crippen molar-refractivity contribution in [2.75, 3.05) is 65.4 Å². The molecule has 2 rings (SSSR count). The minimum absolute atomic E-state index is 0.0342. The van der Waals surface area contributed by atoms with Gasteiger partial charge in [0.25, 0.3) is 11.8 Å². The lowest BCUT2D eigenvalue weighted by Gasteiger charge is -2.34. The van der Waals surface area contributed by atoms with Gasteiger partial charge in [0.05, 0.1) is 39.3 Å². The van der Waals surface area contributed by atoms with Gasteiger partial charge in [-0.2, -0.15) is 0 Å². The smallest absolute Gasteiger partial charge is 0.317 e. The fraction of sp³-hybridized carbons (Fsp3) is 0.452. The van der Waals surface area contributed by atoms with Crippen LogP contribution in [-0.2, 0) is 56.0 Å². The Balaban J connectivity index is 2.12. The van der Waals surface area contributed by atoms with Crippen molar-refractivity contribution in [3.05, 3.63) is 47.5 Å². The number of hydrogen-bond donors (Lipinski definition) is 6. The summed E-state index contributed by atoms with van der Waals surface area (Å²) < 4.78 is 0. The zero-order chi connectivity index (χ0) is 37.4. The predicted molar refractivity (Wildman–Crippen MR) is 169 cm³/mol. The number of benzene rings is 1. The Hall–Kier alpha value is -5.53. The van der Waals surface area contributed by atoms with Crippen molar-refractivity contribution in [2.45, 2.75) is 25.3 Å². The lowest BCUT2D eigenvalue weighted by atomic mass is 10.0. The van der Waals surface area contributed by atoms with E-state index >= 15 is 0 Å². The predicted octanol–water partition coefficient (Wildman–Crippen LogP) is -2.53. The van der Waals surface area contributed by atoms with Gasteiger partial charge in [-0.05, 0) is 17.5 Å². The van der Waals surface area contributed by atoms with E-state index in [4.69, 9.17) is 10.2 Å². The van der Waals surface area contributed by atoms with Gasteiger partial charge in [0.15, 0.2) is 5.78 Å². The third-order valence-corrected chi connectivity index (χ3v) is 7.31. The third kappa shape index (κ3) is 15.6. The number of rotatable bonds is 25. The van der Waals surface area contributed by atoms with Crippen LogP contribution in [0.15, 0.2) is 36.4 Å². The van der Waals surface area contributed by atoms with Crippen LogP contribution < -0.4 is 5.32 Å². The molecule has 0 unspecified atom stereocenters. The van der Waals surface area contributed by atoms with Gasteiger partial charge in [-0.15, -0.1) is 0 Å². The quantitative estimate of drug-likeness (QED) is 0.0572. The van der Waals surface area contributed by atoms with Crippen LogP contribution in [-0.4, -0.2) is 170 Å². The number of imide groups is 1. The molecule has 0 aliphatic carbocycles. The summed E-state index contributed by atoms with van der Waals surface area (Å²) in [5.41, 5.74) is 1.13. The monoisotopic (exact) mass is 705 g/mol. The average molecular weight is 706 g/mol. The molecule has 272 valence electrons. The zero-order valence-electron chi connectivity index (χ0n) is 26.9. The SMILES string of the molecule is O=C(O)CN(CCN(CC(=O)O)C[C@@H](Cc1ccc(CC(=O)CNC(=O)CCN2C(=O)C=CC2=O)cc1)N(CC(=O)O)CC(=O)O)CC(=O)O. The number of nitrogens with one attached hydrogen (secondary N) is 1. The van der Waals surface area contributed by atoms with Crippen LogP contribution in [0, 0.1) is 0 Å². The minimum atomic E-state index is -1.34. The van der Waals surface area contributed by atoms with Gasteiger partial charge < -0.3 is 30.8 Å². The topological polar surface area (TPSA) is 280 Å². The Bertz CT molecular complexity index is 1430. The van der Waals surface area contributed by atoms with Crippen LogP contribution in [0.2, 0.25) is 0 Å². The second-order valence-electron chi connectivity index (χ2n) is 11.4. The first-order valence-corrected chi connectivity index (χ1v) is 15.2. The Morgan fingerprint density at radius 3 is 1.62 bits per heavy atom. The maximum absolute atomic E-state index is 12.5. The van der Waals surface area contributed by atoms with Crippen LogP contribution in [0.5, 0.6) is 0 Å². The van der Waals surface area contributed by atoms with E-state index in [1.807, 2.05) is 0 Å². The molecule has 0 bridgehead atoms. The first-order valence-electron chi connectivity index (χ1n) is 15.2. The standard InChI is InChI=1S/C31H39N5O14/c37-23(13-32-24(38)7-8-36-25(39)5-6-26(36)40)12-21-3-1-20(2-4-21)11-22(35(18-30(47)48)19-31(49)50)14-33(15-27(41)42)9-10-34(16-28(43)44)17-29(45)46/h1-6,22H,7-19H2,(H,32,38)(H,41,42)(H,43,44)(H,45,46)(H,47,48)(H,49,50)/t22-/m1/s1. The molecular weight excluding hydrogens is 666 g/mol. The molecule has 6 N–H and O–H groups in total. The molecule has 0 fully saturated rings. The van der Waals surface area contributed by atoms with Gasteiger partial charge in [0, 0.05) is 57.2 Å². The molecule has 3 amide bonds. The first-order chi connectivity index (χ1) is 23.5. The number of nitrogens with zero attached hydrogens (tertiary/aromatic N) is 4. The van der Waals surface area contributed by atoms with Crippen molar-refractivity contribution in [2.24, 2.45) is 0 Å². The fourth-order valence-electron chi connectivity index (χ4n) is 5.08. The molecule has 1 aromatic carbocycles. The van der Waals surface area contributed by atoms with Gasteiger partial charge in [-0.3, -0.25) is 62.8 Å². The molecule has 1 aromatic rings. The number of hydrogen-bond acceptors (Lipinski definition) is 12. The van der Waals surface area contributed by atoms with E-state index in [-0.39, 0.29) is 57.8 Å². The summed E-state index contributed by atoms with van der Waals surface area (Å²) in [4.78, 5) is 110. The van der Waals surface area contributed by atoms with E-state index in [0.29, 0.717) is 11.1 Å². The molecule has 1 aliphatic rings. The van der Waals surface area contributed by atoms with E-state index in [9.17, 15) is 58.5 Å². The normalized spacial score (nSPS) is 13.2. The number of carboxylic acids is 5. The van der Waals surface area contributed by atoms with Crippen LogP contribution in [0.1, 0.15) is 17.5 Å². The Labute approximate surface area is 285 Å². The number of Topliss-reactive ketones (excluding diaryl/α,β-unsaturated/α-hetero) is 1. The van der Waals surface area contributed by atoms with Crippen LogP contribution in [0.4, 0.5) is 0 Å². The van der Waals surface area contributed by atoms with Crippen LogP contribution in [0.25, 0.3) is 0 Å². The highest BCUT2D eigenvalue weighted by molar-refractivity contribution is 6.13. The maximum atomic E-state index is 12.5. The molecule has 19 nitrogen and oxygen atoms in total. The molecule has 1 aliphatic heterocycles. The maximum Gasteiger partial charge on any atom is 0.317 e. The Morgan fingerprint density at radius 2 is 1.12 bits per heavy atom. The van der Waals surface area contributed by atoms with E-state index in [2.05, 4.69) is 5.32 Å². The van der Waals surface area contributed by atoms with Gasteiger partial charge in [-0.1, -0.05) is 24.3 Å². The molecule has 0 aromatic heterocycles. The zero-order valence-corrected chi connectivity index (χ0v) is 26.9. The lowest BCUT2D eigenvalue weighted by molar-refractivity contribution is -0.144. The number of ketones is 1. The highest BCUT2D eigenvalue weighted by Gasteiger charge is 2.28. The molecule has 0 radical (unpaired) electrons. The fourth-order valence-corrected chi connectivity index (χ4v) is 5.08. The Kier molecular flexibility index (Phi) is 16.3. The van der Waals surface area contributed by atoms with Gasteiger partial charge in [0.2, 0.25) is 5.91 Å². The molecule has 1 atom stereocenters. The second-order valence-corrected chi connectivity index (χ2v) is 11.4. The van der Waals surface area contributed by atoms with Crippen molar-refractivity contribution >= 4 is 53.4 Å². The summed E-state index contributed by atoms with van der Waals surface area (Å²) in [6.45, 7) is -4.21. The van der Waals surface area contributed by atoms with Crippen molar-refractivity contribution in [1.82, 2.24) is 24.9 Å². The summed E-state index contributed by atoms with van der Waals surface area (Å²) in [6, 6.07) is 5.56. The van der Waals surface area contributed by atoms with Gasteiger partial charge in [0.1, 0.15) is 0 Å². The molecule has 0 saturated carbocycles. The number of carbonyl (C=O) groups is 9. The highest BCUT2D eigenvalue weighted by Crippen LogP contribution is 2.14. The highest BCUT2D eigenvalue weighted by atomic mass is 16.4. The van der Waals surface area contributed by atoms with E-state index in [0.717, 1.165) is 26.9 Å². The Morgan fingerprint density at radius 1 is 0.660 bits per heavy atom. The number of aliphatic carboxylic acids is 5. The van der Waals surface area contributed by atoms with Crippen LogP contribution in [0.3, 0.4) is 0 Å². The van der Waals surface area contributed by atoms with Crippen molar-refractivity contribution in [3.63, 3.8) is 0 Å². The second kappa shape index (κ2) is 20.1. The van der Waals surface area contributed by atoms with E-state index < -0.39 is 86.3 Å². The third-order valence-electron chi connectivity index (χ3n) is 7.31. The molecular formula is C31H39N5O14. The van der Waals surface area contributed by atoms with Crippen molar-refractivity contribution in [1.29, 1.82) is 0 Å².